The summed E-state index contributed by atoms with van der Waals surface area (Å²) in [7, 11) is -2.74. The van der Waals surface area contributed by atoms with Crippen LogP contribution in [-0.4, -0.2) is 43.9 Å². The molecule has 0 spiro atoms. The summed E-state index contributed by atoms with van der Waals surface area (Å²) in [6, 6.07) is 0. The van der Waals surface area contributed by atoms with Gasteiger partial charge < -0.3 is 5.32 Å². The van der Waals surface area contributed by atoms with Crippen molar-refractivity contribution in [1.29, 1.82) is 0 Å². The molecule has 0 aromatic heterocycles. The zero-order valence-electron chi connectivity index (χ0n) is 9.48. The maximum atomic E-state index is 11.3. The van der Waals surface area contributed by atoms with E-state index in [1.165, 1.54) is 0 Å². The third kappa shape index (κ3) is 3.38. The molecule has 2 unspecified atom stereocenters. The summed E-state index contributed by atoms with van der Waals surface area (Å²) in [5, 5.41) is 4.26. The lowest BCUT2D eigenvalue weighted by Gasteiger charge is -2.19. The van der Waals surface area contributed by atoms with Crippen LogP contribution < -0.4 is 5.32 Å². The number of rotatable bonds is 2. The van der Waals surface area contributed by atoms with Crippen LogP contribution in [0.2, 0.25) is 0 Å². The van der Waals surface area contributed by atoms with Crippen molar-refractivity contribution in [2.45, 2.75) is 13.3 Å². The molecule has 0 aliphatic carbocycles. The van der Waals surface area contributed by atoms with Gasteiger partial charge in [0.1, 0.15) is 0 Å². The lowest BCUT2D eigenvalue weighted by Crippen LogP contribution is -2.31. The Kier molecular flexibility index (Phi) is 3.79. The monoisotopic (exact) mass is 262 g/mol. The van der Waals surface area contributed by atoms with Gasteiger partial charge >= 0.3 is 0 Å². The number of hydrogen-bond donors (Lipinski definition) is 1. The fourth-order valence-electron chi connectivity index (χ4n) is 1.93. The summed E-state index contributed by atoms with van der Waals surface area (Å²) in [4.78, 5) is 4.43. The molecule has 2 rings (SSSR count). The molecule has 6 heteroatoms. The second kappa shape index (κ2) is 4.96. The van der Waals surface area contributed by atoms with E-state index < -0.39 is 9.84 Å². The number of hydrogen-bond acceptors (Lipinski definition) is 5. The Morgan fingerprint density at radius 2 is 2.38 bits per heavy atom. The molecule has 2 heterocycles. The van der Waals surface area contributed by atoms with Gasteiger partial charge in [0.2, 0.25) is 0 Å². The van der Waals surface area contributed by atoms with Crippen molar-refractivity contribution < 1.29 is 8.42 Å². The molecule has 92 valence electrons. The smallest absolute Gasteiger partial charge is 0.156 e. The number of sulfone groups is 1. The maximum absolute atomic E-state index is 11.3. The molecule has 2 atom stereocenters. The third-order valence-corrected chi connectivity index (χ3v) is 6.04. The van der Waals surface area contributed by atoms with Crippen molar-refractivity contribution in [3.8, 4) is 0 Å². The van der Waals surface area contributed by atoms with E-state index in [1.54, 1.807) is 11.8 Å². The van der Waals surface area contributed by atoms with E-state index in [0.29, 0.717) is 17.4 Å². The first-order valence-corrected chi connectivity index (χ1v) is 8.47. The van der Waals surface area contributed by atoms with Gasteiger partial charge in [-0.15, -0.1) is 0 Å². The van der Waals surface area contributed by atoms with E-state index >= 15 is 0 Å². The summed E-state index contributed by atoms with van der Waals surface area (Å²) >= 11 is 1.74. The normalized spacial score (nSPS) is 33.4. The largest absolute Gasteiger partial charge is 0.365 e. The standard InChI is InChI=1S/C10H18N2O2S2/c1-8-4-11-10(15-6-8)12-5-9-2-3-16(13,14)7-9/h8-9H,2-7H2,1H3,(H,11,12). The average molecular weight is 262 g/mol. The van der Waals surface area contributed by atoms with Gasteiger partial charge in [-0.1, -0.05) is 18.7 Å². The molecular weight excluding hydrogens is 244 g/mol. The molecule has 0 bridgehead atoms. The van der Waals surface area contributed by atoms with E-state index in [9.17, 15) is 8.42 Å². The molecule has 1 fully saturated rings. The molecule has 16 heavy (non-hydrogen) atoms. The highest BCUT2D eigenvalue weighted by Crippen LogP contribution is 2.19. The zero-order valence-corrected chi connectivity index (χ0v) is 11.1. The lowest BCUT2D eigenvalue weighted by molar-refractivity contribution is 0.572. The van der Waals surface area contributed by atoms with Gasteiger partial charge in [0.05, 0.1) is 11.5 Å². The van der Waals surface area contributed by atoms with Crippen LogP contribution in [0.4, 0.5) is 0 Å². The molecule has 0 aromatic carbocycles. The predicted octanol–water partition coefficient (Wildman–Crippen LogP) is 0.750. The van der Waals surface area contributed by atoms with Gasteiger partial charge in [0.15, 0.2) is 15.0 Å². The summed E-state index contributed by atoms with van der Waals surface area (Å²) in [5.74, 6) is 2.73. The van der Waals surface area contributed by atoms with Crippen LogP contribution in [0.3, 0.4) is 0 Å². The van der Waals surface area contributed by atoms with Crippen molar-refractivity contribution in [2.24, 2.45) is 16.8 Å². The summed E-state index contributed by atoms with van der Waals surface area (Å²) in [6.07, 6.45) is 0.795. The second-order valence-corrected chi connectivity index (χ2v) is 7.95. The summed E-state index contributed by atoms with van der Waals surface area (Å²) in [6.45, 7) is 3.83. The van der Waals surface area contributed by atoms with Crippen LogP contribution in [0.25, 0.3) is 0 Å². The lowest BCUT2D eigenvalue weighted by atomic mass is 10.1. The molecule has 0 saturated carbocycles. The molecule has 0 aromatic rings. The minimum absolute atomic E-state index is 0.271. The third-order valence-electron chi connectivity index (χ3n) is 2.92. The minimum Gasteiger partial charge on any atom is -0.365 e. The Morgan fingerprint density at radius 1 is 1.56 bits per heavy atom. The fourth-order valence-corrected chi connectivity index (χ4v) is 4.69. The average Bonchev–Trinajstić information content (AvgIpc) is 2.58. The molecule has 1 N–H and O–H groups in total. The quantitative estimate of drug-likeness (QED) is 0.798. The molecule has 2 aliphatic rings. The van der Waals surface area contributed by atoms with Gasteiger partial charge in [-0.05, 0) is 18.3 Å². The van der Waals surface area contributed by atoms with Gasteiger partial charge in [-0.25, -0.2) is 8.42 Å². The number of nitrogens with one attached hydrogen (secondary N) is 1. The molecule has 1 saturated heterocycles. The van der Waals surface area contributed by atoms with Crippen molar-refractivity contribution in [2.75, 3.05) is 30.3 Å². The van der Waals surface area contributed by atoms with E-state index in [0.717, 1.165) is 30.4 Å². The Balaban J connectivity index is 1.76. The highest BCUT2D eigenvalue weighted by atomic mass is 32.2. The number of thioether (sulfide) groups is 1. The predicted molar refractivity (Wildman–Crippen MR) is 68.7 cm³/mol. The minimum atomic E-state index is -2.74. The van der Waals surface area contributed by atoms with Crippen LogP contribution in [0.1, 0.15) is 13.3 Å². The second-order valence-electron chi connectivity index (χ2n) is 4.71. The fraction of sp³-hybridized carbons (Fsp3) is 0.900. The SMILES string of the molecule is CC1CN=C(NCC2CCS(=O)(=O)C2)SC1. The molecule has 2 aliphatic heterocycles. The Morgan fingerprint density at radius 3 is 2.94 bits per heavy atom. The van der Waals surface area contributed by atoms with Crippen LogP contribution in [0.15, 0.2) is 4.99 Å². The van der Waals surface area contributed by atoms with Crippen molar-refractivity contribution in [3.63, 3.8) is 0 Å². The van der Waals surface area contributed by atoms with E-state index in [2.05, 4.69) is 17.2 Å². The first-order valence-electron chi connectivity index (χ1n) is 5.67. The van der Waals surface area contributed by atoms with Gasteiger partial charge in [-0.3, -0.25) is 4.99 Å². The van der Waals surface area contributed by atoms with E-state index in [4.69, 9.17) is 0 Å². The molecular formula is C10H18N2O2S2. The first kappa shape index (κ1) is 12.2. The van der Waals surface area contributed by atoms with Crippen LogP contribution in [-0.2, 0) is 9.84 Å². The number of nitrogens with zero attached hydrogens (tertiary/aromatic N) is 1. The molecule has 4 nitrogen and oxygen atoms in total. The Labute approximate surface area is 101 Å². The number of amidine groups is 1. The Hall–Kier alpha value is -0.230. The summed E-state index contributed by atoms with van der Waals surface area (Å²) in [5.41, 5.74) is 0. The molecule has 0 amide bonds. The molecule has 0 radical (unpaired) electrons. The van der Waals surface area contributed by atoms with Crippen LogP contribution >= 0.6 is 11.8 Å². The van der Waals surface area contributed by atoms with Crippen molar-refractivity contribution >= 4 is 26.8 Å². The van der Waals surface area contributed by atoms with Gasteiger partial charge in [0, 0.05) is 18.8 Å². The van der Waals surface area contributed by atoms with Crippen LogP contribution in [0.5, 0.6) is 0 Å². The van der Waals surface area contributed by atoms with Crippen molar-refractivity contribution in [1.82, 2.24) is 5.32 Å². The van der Waals surface area contributed by atoms with Crippen molar-refractivity contribution in [3.05, 3.63) is 0 Å². The zero-order chi connectivity index (χ0) is 11.6. The first-order chi connectivity index (χ1) is 7.55. The van der Waals surface area contributed by atoms with E-state index in [1.807, 2.05) is 0 Å². The van der Waals surface area contributed by atoms with Crippen LogP contribution in [0, 0.1) is 11.8 Å². The van der Waals surface area contributed by atoms with E-state index in [-0.39, 0.29) is 5.92 Å². The maximum Gasteiger partial charge on any atom is 0.156 e. The topological polar surface area (TPSA) is 58.5 Å². The van der Waals surface area contributed by atoms with Gasteiger partial charge in [0.25, 0.3) is 0 Å². The highest BCUT2D eigenvalue weighted by molar-refractivity contribution is 8.13. The number of aliphatic imine (C=N–C) groups is 1. The summed E-state index contributed by atoms with van der Waals surface area (Å²) < 4.78 is 22.5. The highest BCUT2D eigenvalue weighted by Gasteiger charge is 2.27. The van der Waals surface area contributed by atoms with Gasteiger partial charge in [-0.2, -0.15) is 0 Å². The Bertz CT molecular complexity index is 378.